The molecule has 0 saturated carbocycles. The lowest BCUT2D eigenvalue weighted by Gasteiger charge is -2.31. The minimum Gasteiger partial charge on any atom is -0.394 e. The standard InChI is InChI=1S/C19H22F3N5O2/c1-18(2,3)14(9-28)26-16-12(19(20,21)22)8-23-17(27-16)24-11-4-5-13-10(6-11)7-15(29)25-13/h4-6,8,14,28H,7,9H2,1-3H3,(H,25,29)(H2,23,24,26,27). The number of aromatic nitrogens is 2. The molecular formula is C19H22F3N5O2. The molecule has 0 fully saturated rings. The number of aliphatic hydroxyl groups is 1. The summed E-state index contributed by atoms with van der Waals surface area (Å²) >= 11 is 0. The molecule has 1 aromatic carbocycles. The third kappa shape index (κ3) is 4.76. The second kappa shape index (κ2) is 7.51. The molecule has 4 N–H and O–H groups in total. The maximum atomic E-state index is 13.4. The largest absolute Gasteiger partial charge is 0.421 e. The summed E-state index contributed by atoms with van der Waals surface area (Å²) in [6, 6.07) is 4.44. The molecule has 156 valence electrons. The van der Waals surface area contributed by atoms with E-state index in [1.54, 1.807) is 39.0 Å². The van der Waals surface area contributed by atoms with E-state index in [1.807, 2.05) is 0 Å². The number of carbonyl (C=O) groups is 1. The summed E-state index contributed by atoms with van der Waals surface area (Å²) in [6.07, 6.45) is -3.72. The number of carbonyl (C=O) groups excluding carboxylic acids is 1. The number of alkyl halides is 3. The zero-order valence-electron chi connectivity index (χ0n) is 16.2. The average Bonchev–Trinajstić information content (AvgIpc) is 2.97. The Kier molecular flexibility index (Phi) is 5.40. The first kappa shape index (κ1) is 20.8. The number of benzene rings is 1. The van der Waals surface area contributed by atoms with Crippen molar-refractivity contribution in [3.63, 3.8) is 0 Å². The van der Waals surface area contributed by atoms with Crippen molar-refractivity contribution >= 4 is 29.0 Å². The second-order valence-corrected chi connectivity index (χ2v) is 7.92. The Labute approximate surface area is 165 Å². The van der Waals surface area contributed by atoms with Crippen molar-refractivity contribution in [2.75, 3.05) is 22.6 Å². The number of anilines is 4. The van der Waals surface area contributed by atoms with Gasteiger partial charge >= 0.3 is 6.18 Å². The fourth-order valence-electron chi connectivity index (χ4n) is 2.90. The van der Waals surface area contributed by atoms with Gasteiger partial charge in [-0.05, 0) is 29.2 Å². The van der Waals surface area contributed by atoms with Crippen LogP contribution in [0.15, 0.2) is 24.4 Å². The SMILES string of the molecule is CC(C)(C)C(CO)Nc1nc(Nc2ccc3c(c2)CC(=O)N3)ncc1C(F)(F)F. The molecule has 1 atom stereocenters. The predicted molar refractivity (Wildman–Crippen MR) is 103 cm³/mol. The molecule has 2 aromatic rings. The molecule has 0 saturated heterocycles. The number of nitrogens with zero attached hydrogens (tertiary/aromatic N) is 2. The van der Waals surface area contributed by atoms with Crippen molar-refractivity contribution in [2.24, 2.45) is 5.41 Å². The molecule has 0 radical (unpaired) electrons. The summed E-state index contributed by atoms with van der Waals surface area (Å²) in [7, 11) is 0. The van der Waals surface area contributed by atoms with Crippen LogP contribution < -0.4 is 16.0 Å². The van der Waals surface area contributed by atoms with Gasteiger partial charge in [0.15, 0.2) is 0 Å². The molecule has 2 heterocycles. The van der Waals surface area contributed by atoms with E-state index >= 15 is 0 Å². The highest BCUT2D eigenvalue weighted by molar-refractivity contribution is 5.99. The molecule has 0 spiro atoms. The Morgan fingerprint density at radius 3 is 2.62 bits per heavy atom. The Balaban J connectivity index is 1.91. The van der Waals surface area contributed by atoms with Crippen molar-refractivity contribution < 1.29 is 23.1 Å². The minimum absolute atomic E-state index is 0.0386. The van der Waals surface area contributed by atoms with E-state index in [0.29, 0.717) is 17.6 Å². The Morgan fingerprint density at radius 2 is 2.00 bits per heavy atom. The number of hydrogen-bond donors (Lipinski definition) is 4. The van der Waals surface area contributed by atoms with Gasteiger partial charge in [0.1, 0.15) is 11.4 Å². The molecule has 29 heavy (non-hydrogen) atoms. The number of fused-ring (bicyclic) bond motifs is 1. The van der Waals surface area contributed by atoms with Gasteiger partial charge in [-0.3, -0.25) is 4.79 Å². The summed E-state index contributed by atoms with van der Waals surface area (Å²) in [6.45, 7) is 5.04. The Morgan fingerprint density at radius 1 is 1.28 bits per heavy atom. The lowest BCUT2D eigenvalue weighted by atomic mass is 9.87. The van der Waals surface area contributed by atoms with Crippen molar-refractivity contribution in [1.29, 1.82) is 0 Å². The van der Waals surface area contributed by atoms with Crippen molar-refractivity contribution in [3.05, 3.63) is 35.5 Å². The quantitative estimate of drug-likeness (QED) is 0.603. The smallest absolute Gasteiger partial charge is 0.394 e. The van der Waals surface area contributed by atoms with Gasteiger partial charge in [0.2, 0.25) is 11.9 Å². The summed E-state index contributed by atoms with van der Waals surface area (Å²) in [5.74, 6) is -0.572. The van der Waals surface area contributed by atoms with Crippen LogP contribution in [0.1, 0.15) is 31.9 Å². The maximum Gasteiger partial charge on any atom is 0.421 e. The van der Waals surface area contributed by atoms with Gasteiger partial charge in [-0.15, -0.1) is 0 Å². The maximum absolute atomic E-state index is 13.4. The fraction of sp³-hybridized carbons (Fsp3) is 0.421. The number of amides is 1. The van der Waals surface area contributed by atoms with Crippen LogP contribution in [0.25, 0.3) is 0 Å². The van der Waals surface area contributed by atoms with Crippen LogP contribution in [0.3, 0.4) is 0 Å². The first-order valence-electron chi connectivity index (χ1n) is 8.99. The van der Waals surface area contributed by atoms with E-state index in [4.69, 9.17) is 0 Å². The number of rotatable bonds is 5. The molecular weight excluding hydrogens is 387 g/mol. The van der Waals surface area contributed by atoms with E-state index in [2.05, 4.69) is 25.9 Å². The zero-order valence-corrected chi connectivity index (χ0v) is 16.2. The van der Waals surface area contributed by atoms with Gasteiger partial charge in [0, 0.05) is 17.6 Å². The highest BCUT2D eigenvalue weighted by Gasteiger charge is 2.37. The number of halogens is 3. The van der Waals surface area contributed by atoms with E-state index in [0.717, 1.165) is 5.56 Å². The Hall–Kier alpha value is -2.88. The van der Waals surface area contributed by atoms with Gasteiger partial charge in [-0.1, -0.05) is 20.8 Å². The topological polar surface area (TPSA) is 99.2 Å². The van der Waals surface area contributed by atoms with Crippen LogP contribution in [-0.2, 0) is 17.4 Å². The molecule has 1 aromatic heterocycles. The van der Waals surface area contributed by atoms with E-state index < -0.39 is 29.0 Å². The third-order valence-electron chi connectivity index (χ3n) is 4.62. The van der Waals surface area contributed by atoms with Crippen molar-refractivity contribution in [1.82, 2.24) is 9.97 Å². The first-order valence-corrected chi connectivity index (χ1v) is 8.99. The van der Waals surface area contributed by atoms with Crippen LogP contribution in [0.5, 0.6) is 0 Å². The molecule has 0 aliphatic carbocycles. The second-order valence-electron chi connectivity index (χ2n) is 7.92. The van der Waals surface area contributed by atoms with Gasteiger partial charge < -0.3 is 21.1 Å². The van der Waals surface area contributed by atoms with E-state index in [9.17, 15) is 23.1 Å². The molecule has 0 bridgehead atoms. The highest BCUT2D eigenvalue weighted by Crippen LogP contribution is 2.36. The van der Waals surface area contributed by atoms with Crippen LogP contribution in [0, 0.1) is 5.41 Å². The minimum atomic E-state index is -4.65. The van der Waals surface area contributed by atoms with Crippen molar-refractivity contribution in [2.45, 2.75) is 39.4 Å². The van der Waals surface area contributed by atoms with E-state index in [-0.39, 0.29) is 24.9 Å². The summed E-state index contributed by atoms with van der Waals surface area (Å²) < 4.78 is 40.2. The molecule has 1 amide bonds. The first-order chi connectivity index (χ1) is 13.5. The summed E-state index contributed by atoms with van der Waals surface area (Å²) in [4.78, 5) is 19.2. The molecule has 1 unspecified atom stereocenters. The molecule has 1 aliphatic heterocycles. The third-order valence-corrected chi connectivity index (χ3v) is 4.62. The highest BCUT2D eigenvalue weighted by atomic mass is 19.4. The monoisotopic (exact) mass is 409 g/mol. The number of nitrogens with one attached hydrogen (secondary N) is 3. The van der Waals surface area contributed by atoms with Crippen molar-refractivity contribution in [3.8, 4) is 0 Å². The molecule has 10 heteroatoms. The Bertz CT molecular complexity index is 925. The fourth-order valence-corrected chi connectivity index (χ4v) is 2.90. The number of aliphatic hydroxyl groups excluding tert-OH is 1. The van der Waals surface area contributed by atoms with Crippen LogP contribution >= 0.6 is 0 Å². The summed E-state index contributed by atoms with van der Waals surface area (Å²) in [5.41, 5.74) is 0.496. The molecule has 1 aliphatic rings. The van der Waals surface area contributed by atoms with Crippen LogP contribution in [0.2, 0.25) is 0 Å². The normalized spacial score (nSPS) is 14.9. The van der Waals surface area contributed by atoms with E-state index in [1.165, 1.54) is 0 Å². The molecule has 7 nitrogen and oxygen atoms in total. The number of hydrogen-bond acceptors (Lipinski definition) is 6. The van der Waals surface area contributed by atoms with Gasteiger partial charge in [-0.25, -0.2) is 4.98 Å². The zero-order chi connectivity index (χ0) is 21.4. The van der Waals surface area contributed by atoms with Gasteiger partial charge in [0.25, 0.3) is 0 Å². The van der Waals surface area contributed by atoms with Gasteiger partial charge in [0.05, 0.1) is 19.1 Å². The average molecular weight is 409 g/mol. The van der Waals surface area contributed by atoms with Crippen LogP contribution in [-0.4, -0.2) is 33.6 Å². The van der Waals surface area contributed by atoms with Gasteiger partial charge in [-0.2, -0.15) is 18.2 Å². The lowest BCUT2D eigenvalue weighted by Crippen LogP contribution is -2.38. The van der Waals surface area contributed by atoms with Crippen LogP contribution in [0.4, 0.5) is 36.3 Å². The lowest BCUT2D eigenvalue weighted by molar-refractivity contribution is -0.137. The summed E-state index contributed by atoms with van der Waals surface area (Å²) in [5, 5.41) is 17.9. The molecule has 3 rings (SSSR count). The predicted octanol–water partition coefficient (Wildman–Crippen LogP) is 3.55.